The quantitative estimate of drug-likeness (QED) is 0.0259. The summed E-state index contributed by atoms with van der Waals surface area (Å²) in [6.07, 6.45) is 63.8. The minimum atomic E-state index is -1.13. The van der Waals surface area contributed by atoms with Crippen LogP contribution in [0.5, 0.6) is 0 Å². The Morgan fingerprint density at radius 1 is 0.463 bits per heavy atom. The standard InChI is InChI=1S/C59H103NO7/c1-6-8-10-12-14-16-18-20-22-24-26-28-30-31-33-35-37-39-41-43-45-47-49-57(61)66-54-55(53-65-52-51-56(59(63)64)60(3,4)5)67-58(62)50-48-46-44-42-40-38-36-34-32-29-27-25-23-21-19-17-15-13-11-9-7-2/h9,11,15,17,21,23,27,29,34,36,40,42,55-56H,6-8,10,12-14,16,18-20,22,24-26,28,30-33,35,37-39,41,43-54H2,1-5H3/b11-9+,17-15+,23-21+,29-27+,36-34+,42-40+. The molecule has 0 fully saturated rings. The van der Waals surface area contributed by atoms with Crippen molar-refractivity contribution in [1.29, 1.82) is 0 Å². The normalized spacial score (nSPS) is 13.4. The molecule has 0 aliphatic rings. The first-order valence-electron chi connectivity index (χ1n) is 27.5. The van der Waals surface area contributed by atoms with Crippen molar-refractivity contribution in [3.05, 3.63) is 72.9 Å². The molecule has 8 nitrogen and oxygen atoms in total. The van der Waals surface area contributed by atoms with Gasteiger partial charge < -0.3 is 28.6 Å². The van der Waals surface area contributed by atoms with E-state index < -0.39 is 18.1 Å². The smallest absolute Gasteiger partial charge is 0.306 e. The number of esters is 2. The molecule has 0 radical (unpaired) electrons. The van der Waals surface area contributed by atoms with Crippen LogP contribution in [0.1, 0.15) is 232 Å². The second-order valence-corrected chi connectivity index (χ2v) is 19.4. The SMILES string of the molecule is CC/C=C/C/C=C/C/C=C/C/C=C/C/C=C/C/C=C/CCCCC(=O)OC(COCCC(C(=O)[O-])[N+](C)(C)C)COC(=O)CCCCCCCCCCCCCCCCCCCCCCCC. The summed E-state index contributed by atoms with van der Waals surface area (Å²) in [5, 5.41) is 11.7. The number of quaternary nitrogens is 1. The molecule has 0 heterocycles. The average molecular weight is 938 g/mol. The van der Waals surface area contributed by atoms with Crippen LogP contribution in [0.25, 0.3) is 0 Å². The van der Waals surface area contributed by atoms with Crippen molar-refractivity contribution in [3.63, 3.8) is 0 Å². The van der Waals surface area contributed by atoms with Crippen LogP contribution in [0.2, 0.25) is 0 Å². The molecule has 0 amide bonds. The summed E-state index contributed by atoms with van der Waals surface area (Å²) >= 11 is 0. The maximum absolute atomic E-state index is 12.8. The molecule has 386 valence electrons. The minimum absolute atomic E-state index is 0.0217. The molecule has 0 saturated heterocycles. The van der Waals surface area contributed by atoms with Gasteiger partial charge in [-0.2, -0.15) is 0 Å². The summed E-state index contributed by atoms with van der Waals surface area (Å²) in [5.41, 5.74) is 0. The van der Waals surface area contributed by atoms with Gasteiger partial charge in [-0.25, -0.2) is 0 Å². The van der Waals surface area contributed by atoms with E-state index in [-0.39, 0.29) is 49.1 Å². The third-order valence-electron chi connectivity index (χ3n) is 12.1. The van der Waals surface area contributed by atoms with Gasteiger partial charge in [0, 0.05) is 19.3 Å². The Labute approximate surface area is 412 Å². The van der Waals surface area contributed by atoms with Crippen molar-refractivity contribution in [2.75, 3.05) is 41.0 Å². The zero-order valence-corrected chi connectivity index (χ0v) is 44.1. The number of unbranched alkanes of at least 4 members (excludes halogenated alkanes) is 23. The Morgan fingerprint density at radius 2 is 0.836 bits per heavy atom. The van der Waals surface area contributed by atoms with Crippen molar-refractivity contribution in [2.45, 2.75) is 244 Å². The highest BCUT2D eigenvalue weighted by Gasteiger charge is 2.25. The highest BCUT2D eigenvalue weighted by molar-refractivity contribution is 5.70. The Morgan fingerprint density at radius 3 is 1.24 bits per heavy atom. The number of carboxylic acids is 1. The number of likely N-dealkylation sites (N-methyl/N-ethyl adjacent to an activating group) is 1. The summed E-state index contributed by atoms with van der Waals surface area (Å²) in [6, 6.07) is -0.737. The molecule has 0 rings (SSSR count). The summed E-state index contributed by atoms with van der Waals surface area (Å²) in [7, 11) is 5.40. The van der Waals surface area contributed by atoms with Gasteiger partial charge in [0.2, 0.25) is 0 Å². The van der Waals surface area contributed by atoms with Crippen LogP contribution in [-0.2, 0) is 28.6 Å². The third kappa shape index (κ3) is 47.6. The second kappa shape index (κ2) is 49.2. The second-order valence-electron chi connectivity index (χ2n) is 19.4. The number of nitrogens with zero attached hydrogens (tertiary/aromatic N) is 1. The number of rotatable bonds is 49. The van der Waals surface area contributed by atoms with E-state index in [2.05, 4.69) is 86.8 Å². The van der Waals surface area contributed by atoms with E-state index in [4.69, 9.17) is 14.2 Å². The molecule has 2 atom stereocenters. The predicted molar refractivity (Wildman–Crippen MR) is 282 cm³/mol. The lowest BCUT2D eigenvalue weighted by Gasteiger charge is -2.34. The monoisotopic (exact) mass is 938 g/mol. The molecule has 0 N–H and O–H groups in total. The third-order valence-corrected chi connectivity index (χ3v) is 12.1. The number of ether oxygens (including phenoxy) is 3. The van der Waals surface area contributed by atoms with Gasteiger partial charge in [-0.15, -0.1) is 0 Å². The van der Waals surface area contributed by atoms with Gasteiger partial charge in [-0.05, 0) is 64.2 Å². The molecular weight excluding hydrogens is 835 g/mol. The Kier molecular flexibility index (Phi) is 46.8. The predicted octanol–water partition coefficient (Wildman–Crippen LogP) is 14.9. The topological polar surface area (TPSA) is 102 Å². The number of carbonyl (C=O) groups excluding carboxylic acids is 3. The largest absolute Gasteiger partial charge is 0.544 e. The van der Waals surface area contributed by atoms with Gasteiger partial charge in [-0.1, -0.05) is 222 Å². The van der Waals surface area contributed by atoms with Gasteiger partial charge >= 0.3 is 11.9 Å². The summed E-state index contributed by atoms with van der Waals surface area (Å²) in [4.78, 5) is 37.1. The molecule has 67 heavy (non-hydrogen) atoms. The number of aliphatic carboxylic acids is 1. The fraction of sp³-hybridized carbons (Fsp3) is 0.746. The van der Waals surface area contributed by atoms with E-state index in [1.807, 2.05) is 0 Å². The van der Waals surface area contributed by atoms with Crippen molar-refractivity contribution in [3.8, 4) is 0 Å². The van der Waals surface area contributed by atoms with Gasteiger partial charge in [0.15, 0.2) is 6.10 Å². The fourth-order valence-corrected chi connectivity index (χ4v) is 7.90. The first-order chi connectivity index (χ1) is 32.6. The van der Waals surface area contributed by atoms with Gasteiger partial charge in [0.05, 0.1) is 40.3 Å². The number of carboxylic acid groups (broad SMARTS) is 1. The number of hydrogen-bond acceptors (Lipinski definition) is 7. The Hall–Kier alpha value is -3.23. The van der Waals surface area contributed by atoms with E-state index in [0.29, 0.717) is 12.8 Å². The molecular formula is C59H103NO7. The molecule has 0 aromatic carbocycles. The van der Waals surface area contributed by atoms with Crippen LogP contribution in [0, 0.1) is 0 Å². The molecule has 8 heteroatoms. The van der Waals surface area contributed by atoms with Crippen LogP contribution in [-0.4, -0.2) is 75.5 Å². The first kappa shape index (κ1) is 63.8. The van der Waals surface area contributed by atoms with E-state index in [0.717, 1.165) is 70.6 Å². The van der Waals surface area contributed by atoms with Gasteiger partial charge in [-0.3, -0.25) is 9.59 Å². The molecule has 0 bridgehead atoms. The molecule has 0 spiro atoms. The van der Waals surface area contributed by atoms with Gasteiger partial charge in [0.1, 0.15) is 12.6 Å². The molecule has 0 aromatic rings. The first-order valence-corrected chi connectivity index (χ1v) is 27.5. The molecule has 0 aliphatic heterocycles. The van der Waals surface area contributed by atoms with Gasteiger partial charge in [0.25, 0.3) is 0 Å². The minimum Gasteiger partial charge on any atom is -0.544 e. The van der Waals surface area contributed by atoms with E-state index in [1.165, 1.54) is 122 Å². The van der Waals surface area contributed by atoms with Crippen LogP contribution in [0.3, 0.4) is 0 Å². The Balaban J connectivity index is 4.27. The van der Waals surface area contributed by atoms with Crippen molar-refractivity contribution < 1.29 is 38.2 Å². The van der Waals surface area contributed by atoms with Crippen LogP contribution < -0.4 is 5.11 Å². The van der Waals surface area contributed by atoms with E-state index in [9.17, 15) is 19.5 Å². The maximum Gasteiger partial charge on any atom is 0.306 e. The van der Waals surface area contributed by atoms with Crippen molar-refractivity contribution in [1.82, 2.24) is 0 Å². The lowest BCUT2D eigenvalue weighted by Crippen LogP contribution is -2.55. The lowest BCUT2D eigenvalue weighted by molar-refractivity contribution is -0.889. The average Bonchev–Trinajstić information content (AvgIpc) is 3.29. The van der Waals surface area contributed by atoms with E-state index >= 15 is 0 Å². The molecule has 0 aliphatic carbocycles. The molecule has 2 unspecified atom stereocenters. The fourth-order valence-electron chi connectivity index (χ4n) is 7.90. The molecule has 0 saturated carbocycles. The zero-order valence-electron chi connectivity index (χ0n) is 44.1. The zero-order chi connectivity index (χ0) is 49.2. The summed E-state index contributed by atoms with van der Waals surface area (Å²) in [5.74, 6) is -1.79. The summed E-state index contributed by atoms with van der Waals surface area (Å²) < 4.78 is 17.2. The van der Waals surface area contributed by atoms with Crippen LogP contribution in [0.15, 0.2) is 72.9 Å². The van der Waals surface area contributed by atoms with Crippen molar-refractivity contribution >= 4 is 17.9 Å². The number of hydrogen-bond donors (Lipinski definition) is 0. The van der Waals surface area contributed by atoms with Crippen LogP contribution in [0.4, 0.5) is 0 Å². The molecule has 0 aromatic heterocycles. The summed E-state index contributed by atoms with van der Waals surface area (Å²) in [6.45, 7) is 4.53. The maximum atomic E-state index is 12.8. The highest BCUT2D eigenvalue weighted by Crippen LogP contribution is 2.16. The van der Waals surface area contributed by atoms with E-state index in [1.54, 1.807) is 21.1 Å². The number of carbonyl (C=O) groups is 3. The van der Waals surface area contributed by atoms with Crippen molar-refractivity contribution in [2.24, 2.45) is 0 Å². The Bertz CT molecular complexity index is 1320. The van der Waals surface area contributed by atoms with Crippen LogP contribution >= 0.6 is 0 Å². The highest BCUT2D eigenvalue weighted by atomic mass is 16.6. The number of allylic oxidation sites excluding steroid dienone is 12. The lowest BCUT2D eigenvalue weighted by atomic mass is 10.0.